The lowest BCUT2D eigenvalue weighted by molar-refractivity contribution is 0.494. The van der Waals surface area contributed by atoms with E-state index in [0.717, 1.165) is 28.0 Å². The summed E-state index contributed by atoms with van der Waals surface area (Å²) in [4.78, 5) is 1.25. The van der Waals surface area contributed by atoms with Gasteiger partial charge >= 0.3 is 0 Å². The van der Waals surface area contributed by atoms with Crippen molar-refractivity contribution >= 4 is 22.9 Å². The van der Waals surface area contributed by atoms with Crippen molar-refractivity contribution in [1.29, 1.82) is 0 Å². The standard InChI is InChI=1S/C15H20ClNOS/c1-6-17-14(12-7-8(2)15(16)19-12)13-9(3)10(4)18-11(13)5/h7,14,17H,6H2,1-5H3. The van der Waals surface area contributed by atoms with Gasteiger partial charge in [0.25, 0.3) is 0 Å². The van der Waals surface area contributed by atoms with E-state index < -0.39 is 0 Å². The Hall–Kier alpha value is -0.770. The highest BCUT2D eigenvalue weighted by Crippen LogP contribution is 2.37. The molecule has 2 aromatic heterocycles. The fourth-order valence-electron chi connectivity index (χ4n) is 2.41. The molecule has 0 aliphatic heterocycles. The van der Waals surface area contributed by atoms with Crippen LogP contribution in [0.25, 0.3) is 0 Å². The number of nitrogens with one attached hydrogen (secondary N) is 1. The van der Waals surface area contributed by atoms with Gasteiger partial charge in [0.05, 0.1) is 10.4 Å². The third-order valence-corrected chi connectivity index (χ3v) is 5.10. The first-order valence-electron chi connectivity index (χ1n) is 6.51. The van der Waals surface area contributed by atoms with Gasteiger partial charge in [0, 0.05) is 10.4 Å². The van der Waals surface area contributed by atoms with Crippen LogP contribution in [0.2, 0.25) is 4.34 Å². The fourth-order valence-corrected chi connectivity index (χ4v) is 3.71. The Morgan fingerprint density at radius 2 is 1.95 bits per heavy atom. The summed E-state index contributed by atoms with van der Waals surface area (Å²) in [6, 6.07) is 2.33. The van der Waals surface area contributed by atoms with Crippen molar-refractivity contribution in [3.63, 3.8) is 0 Å². The number of halogens is 1. The minimum atomic E-state index is 0.165. The van der Waals surface area contributed by atoms with Crippen molar-refractivity contribution in [2.45, 2.75) is 40.7 Å². The molecule has 2 rings (SSSR count). The number of hydrogen-bond donors (Lipinski definition) is 1. The molecule has 1 unspecified atom stereocenters. The number of furan rings is 1. The molecule has 0 saturated heterocycles. The molecule has 2 aromatic rings. The zero-order valence-electron chi connectivity index (χ0n) is 12.1. The molecule has 4 heteroatoms. The maximum absolute atomic E-state index is 6.21. The van der Waals surface area contributed by atoms with Gasteiger partial charge in [-0.1, -0.05) is 18.5 Å². The van der Waals surface area contributed by atoms with Crippen LogP contribution in [0.1, 0.15) is 46.1 Å². The van der Waals surface area contributed by atoms with Crippen LogP contribution < -0.4 is 5.32 Å². The first-order valence-corrected chi connectivity index (χ1v) is 7.70. The molecule has 0 bridgehead atoms. The van der Waals surface area contributed by atoms with Gasteiger partial charge < -0.3 is 9.73 Å². The van der Waals surface area contributed by atoms with E-state index in [1.54, 1.807) is 11.3 Å². The van der Waals surface area contributed by atoms with Crippen LogP contribution in [0.15, 0.2) is 10.5 Å². The van der Waals surface area contributed by atoms with Crippen molar-refractivity contribution < 1.29 is 4.42 Å². The Kier molecular flexibility index (Phi) is 4.39. The average Bonchev–Trinajstić information content (AvgIpc) is 2.79. The average molecular weight is 298 g/mol. The van der Waals surface area contributed by atoms with Crippen LogP contribution in [-0.4, -0.2) is 6.54 Å². The van der Waals surface area contributed by atoms with Gasteiger partial charge in [-0.15, -0.1) is 11.3 Å². The van der Waals surface area contributed by atoms with Gasteiger partial charge in [-0.3, -0.25) is 0 Å². The van der Waals surface area contributed by atoms with E-state index in [-0.39, 0.29) is 6.04 Å². The molecule has 2 nitrogen and oxygen atoms in total. The molecule has 104 valence electrons. The smallest absolute Gasteiger partial charge is 0.106 e. The number of aryl methyl sites for hydroxylation is 3. The predicted molar refractivity (Wildman–Crippen MR) is 82.5 cm³/mol. The largest absolute Gasteiger partial charge is 0.466 e. The quantitative estimate of drug-likeness (QED) is 0.866. The fraction of sp³-hybridized carbons (Fsp3) is 0.467. The monoisotopic (exact) mass is 297 g/mol. The van der Waals surface area contributed by atoms with E-state index in [9.17, 15) is 0 Å². The van der Waals surface area contributed by atoms with E-state index in [2.05, 4.69) is 25.2 Å². The molecule has 0 radical (unpaired) electrons. The van der Waals surface area contributed by atoms with Crippen LogP contribution in [0.5, 0.6) is 0 Å². The Labute approximate surface area is 123 Å². The van der Waals surface area contributed by atoms with E-state index in [1.807, 2.05) is 20.8 Å². The van der Waals surface area contributed by atoms with Crippen LogP contribution in [0.3, 0.4) is 0 Å². The van der Waals surface area contributed by atoms with Crippen molar-refractivity contribution in [3.05, 3.63) is 43.5 Å². The van der Waals surface area contributed by atoms with E-state index in [4.69, 9.17) is 16.0 Å². The molecule has 1 atom stereocenters. The molecular formula is C15H20ClNOS. The summed E-state index contributed by atoms with van der Waals surface area (Å²) < 4.78 is 6.63. The summed E-state index contributed by atoms with van der Waals surface area (Å²) in [6.07, 6.45) is 0. The zero-order chi connectivity index (χ0) is 14.2. The lowest BCUT2D eigenvalue weighted by Crippen LogP contribution is -2.22. The highest BCUT2D eigenvalue weighted by atomic mass is 35.5. The molecule has 2 heterocycles. The summed E-state index contributed by atoms with van der Waals surface area (Å²) in [5, 5.41) is 3.54. The molecule has 0 amide bonds. The second-order valence-electron chi connectivity index (χ2n) is 4.85. The summed E-state index contributed by atoms with van der Waals surface area (Å²) >= 11 is 7.86. The van der Waals surface area contributed by atoms with Crippen molar-refractivity contribution in [2.24, 2.45) is 0 Å². The minimum Gasteiger partial charge on any atom is -0.466 e. The second kappa shape index (κ2) is 5.70. The summed E-state index contributed by atoms with van der Waals surface area (Å²) in [5.41, 5.74) is 3.61. The van der Waals surface area contributed by atoms with Gasteiger partial charge in [0.2, 0.25) is 0 Å². The third-order valence-electron chi connectivity index (χ3n) is 3.48. The number of thiophene rings is 1. The molecule has 0 spiro atoms. The van der Waals surface area contributed by atoms with Crippen LogP contribution in [0, 0.1) is 27.7 Å². The van der Waals surface area contributed by atoms with Crippen LogP contribution >= 0.6 is 22.9 Å². The topological polar surface area (TPSA) is 25.2 Å². The van der Waals surface area contributed by atoms with Gasteiger partial charge in [0.15, 0.2) is 0 Å². The van der Waals surface area contributed by atoms with Gasteiger partial charge in [-0.05, 0) is 51.4 Å². The summed E-state index contributed by atoms with van der Waals surface area (Å²) in [5.74, 6) is 1.98. The maximum atomic E-state index is 6.21. The molecule has 0 aliphatic rings. The van der Waals surface area contributed by atoms with Crippen molar-refractivity contribution in [2.75, 3.05) is 6.54 Å². The van der Waals surface area contributed by atoms with Gasteiger partial charge in [0.1, 0.15) is 11.5 Å². The predicted octanol–water partition coefficient (Wildman–Crippen LogP) is 4.93. The minimum absolute atomic E-state index is 0.165. The van der Waals surface area contributed by atoms with E-state index in [1.165, 1.54) is 16.0 Å². The molecule has 0 aliphatic carbocycles. The Bertz CT molecular complexity index is 566. The zero-order valence-corrected chi connectivity index (χ0v) is 13.6. The molecule has 0 fully saturated rings. The molecule has 19 heavy (non-hydrogen) atoms. The van der Waals surface area contributed by atoms with Crippen molar-refractivity contribution in [1.82, 2.24) is 5.32 Å². The highest BCUT2D eigenvalue weighted by molar-refractivity contribution is 7.16. The van der Waals surface area contributed by atoms with Gasteiger partial charge in [-0.25, -0.2) is 0 Å². The SMILES string of the molecule is CCNC(c1cc(C)c(Cl)s1)c1c(C)oc(C)c1C. The number of rotatable bonds is 4. The van der Waals surface area contributed by atoms with Gasteiger partial charge in [-0.2, -0.15) is 0 Å². The maximum Gasteiger partial charge on any atom is 0.106 e. The second-order valence-corrected chi connectivity index (χ2v) is 6.54. The first kappa shape index (κ1) is 14.6. The lowest BCUT2D eigenvalue weighted by atomic mass is 10.0. The normalized spacial score (nSPS) is 12.9. The summed E-state index contributed by atoms with van der Waals surface area (Å²) in [7, 11) is 0. The number of hydrogen-bond acceptors (Lipinski definition) is 3. The highest BCUT2D eigenvalue weighted by Gasteiger charge is 2.23. The third kappa shape index (κ3) is 2.73. The Morgan fingerprint density at radius 1 is 1.26 bits per heavy atom. The molecular weight excluding hydrogens is 278 g/mol. The summed E-state index contributed by atoms with van der Waals surface area (Å²) in [6.45, 7) is 11.2. The first-order chi connectivity index (χ1) is 8.95. The van der Waals surface area contributed by atoms with Crippen LogP contribution in [-0.2, 0) is 0 Å². The lowest BCUT2D eigenvalue weighted by Gasteiger charge is -2.17. The molecule has 0 aromatic carbocycles. The van der Waals surface area contributed by atoms with Crippen molar-refractivity contribution in [3.8, 4) is 0 Å². The Balaban J connectivity index is 2.51. The van der Waals surface area contributed by atoms with E-state index >= 15 is 0 Å². The van der Waals surface area contributed by atoms with E-state index in [0.29, 0.717) is 0 Å². The Morgan fingerprint density at radius 3 is 2.37 bits per heavy atom. The molecule has 1 N–H and O–H groups in total. The molecule has 0 saturated carbocycles. The van der Waals surface area contributed by atoms with Crippen LogP contribution in [0.4, 0.5) is 0 Å².